The second kappa shape index (κ2) is 3.62. The molecule has 2 aromatic rings. The van der Waals surface area contributed by atoms with Crippen molar-refractivity contribution >= 4 is 10.9 Å². The van der Waals surface area contributed by atoms with Gasteiger partial charge in [-0.15, -0.1) is 0 Å². The molecular weight excluding hydrogens is 145 g/mol. The predicted molar refractivity (Wildman–Crippen MR) is 41.2 cm³/mol. The number of para-hydroxylation sites is 1. The van der Waals surface area contributed by atoms with E-state index in [0.29, 0.717) is 5.52 Å². The molecule has 1 aromatic carbocycles. The molecule has 0 aliphatic rings. The first kappa shape index (κ1) is 9.12. The Labute approximate surface area is 82.4 Å². The summed E-state index contributed by atoms with van der Waals surface area (Å²) in [5.74, 6) is -0.0110. The molecule has 0 aliphatic heterocycles. The molecular formula is C9H6LiNO. The largest absolute Gasteiger partial charge is 1.00 e. The van der Waals surface area contributed by atoms with Crippen molar-refractivity contribution in [2.24, 2.45) is 0 Å². The van der Waals surface area contributed by atoms with Gasteiger partial charge in [0.05, 0.1) is 5.52 Å². The van der Waals surface area contributed by atoms with E-state index >= 15 is 0 Å². The van der Waals surface area contributed by atoms with Crippen LogP contribution in [0.3, 0.4) is 0 Å². The summed E-state index contributed by atoms with van der Waals surface area (Å²) in [6, 6.07) is 8.84. The summed E-state index contributed by atoms with van der Waals surface area (Å²) >= 11 is 0. The smallest absolute Gasteiger partial charge is 0.871 e. The fraction of sp³-hybridized carbons (Fsp3) is 0. The second-order valence-corrected chi connectivity index (χ2v) is 2.33. The Bertz CT molecular complexity index is 384. The minimum atomic E-state index is -0.0110. The van der Waals surface area contributed by atoms with Gasteiger partial charge in [-0.25, -0.2) is 0 Å². The third kappa shape index (κ3) is 1.45. The van der Waals surface area contributed by atoms with Crippen LogP contribution in [0.1, 0.15) is 0 Å². The van der Waals surface area contributed by atoms with Crippen LogP contribution >= 0.6 is 0 Å². The number of nitrogens with zero attached hydrogens (tertiary/aromatic N) is 1. The van der Waals surface area contributed by atoms with Gasteiger partial charge < -0.3 is 5.11 Å². The molecule has 0 saturated heterocycles. The summed E-state index contributed by atoms with van der Waals surface area (Å²) in [6.45, 7) is 0. The molecule has 0 atom stereocenters. The molecule has 2 nitrogen and oxygen atoms in total. The summed E-state index contributed by atoms with van der Waals surface area (Å²) < 4.78 is 0. The first-order valence-corrected chi connectivity index (χ1v) is 3.39. The first-order chi connectivity index (χ1) is 5.38. The van der Waals surface area contributed by atoms with Crippen molar-refractivity contribution in [3.8, 4) is 5.75 Å². The van der Waals surface area contributed by atoms with E-state index in [-0.39, 0.29) is 24.6 Å². The summed E-state index contributed by atoms with van der Waals surface area (Å²) in [6.07, 6.45) is 1.63. The molecule has 1 heterocycles. The van der Waals surface area contributed by atoms with Crippen molar-refractivity contribution in [3.63, 3.8) is 0 Å². The van der Waals surface area contributed by atoms with Gasteiger partial charge in [0.15, 0.2) is 0 Å². The standard InChI is InChI=1S/C9H7NO.Li/c11-8-5-1-3-7-4-2-6-10-9(7)8;/h1-6,11H;/q;+1/p-1. The van der Waals surface area contributed by atoms with Gasteiger partial charge in [-0.3, -0.25) is 4.98 Å². The molecule has 12 heavy (non-hydrogen) atoms. The molecule has 0 saturated carbocycles. The molecule has 1 aromatic heterocycles. The number of fused-ring (bicyclic) bond motifs is 1. The van der Waals surface area contributed by atoms with Crippen molar-refractivity contribution in [1.29, 1.82) is 0 Å². The first-order valence-electron chi connectivity index (χ1n) is 3.39. The summed E-state index contributed by atoms with van der Waals surface area (Å²) in [4.78, 5) is 3.97. The van der Waals surface area contributed by atoms with Crippen LogP contribution in [-0.2, 0) is 0 Å². The minimum absolute atomic E-state index is 0. The second-order valence-electron chi connectivity index (χ2n) is 2.33. The van der Waals surface area contributed by atoms with Crippen LogP contribution in [0.15, 0.2) is 36.5 Å². The Morgan fingerprint density at radius 1 is 1.08 bits per heavy atom. The maximum atomic E-state index is 11.1. The monoisotopic (exact) mass is 151 g/mol. The van der Waals surface area contributed by atoms with E-state index in [9.17, 15) is 5.11 Å². The Kier molecular flexibility index (Phi) is 2.75. The van der Waals surface area contributed by atoms with Crippen LogP contribution in [0.2, 0.25) is 0 Å². The van der Waals surface area contributed by atoms with Crippen LogP contribution in [0.5, 0.6) is 5.75 Å². The zero-order valence-electron chi connectivity index (χ0n) is 6.82. The van der Waals surface area contributed by atoms with E-state index in [0.717, 1.165) is 5.39 Å². The average molecular weight is 151 g/mol. The van der Waals surface area contributed by atoms with Crippen LogP contribution in [0, 0.1) is 0 Å². The quantitative estimate of drug-likeness (QED) is 0.421. The van der Waals surface area contributed by atoms with Gasteiger partial charge >= 0.3 is 18.9 Å². The average Bonchev–Trinajstić information content (AvgIpc) is 2.06. The van der Waals surface area contributed by atoms with E-state index in [4.69, 9.17) is 0 Å². The van der Waals surface area contributed by atoms with E-state index in [1.54, 1.807) is 12.3 Å². The molecule has 0 radical (unpaired) electrons. The molecule has 0 unspecified atom stereocenters. The summed E-state index contributed by atoms with van der Waals surface area (Å²) in [5, 5.41) is 12.0. The molecule has 0 fully saturated rings. The van der Waals surface area contributed by atoms with Gasteiger partial charge in [0.25, 0.3) is 0 Å². The molecule has 0 bridgehead atoms. The van der Waals surface area contributed by atoms with Gasteiger partial charge in [0.2, 0.25) is 0 Å². The van der Waals surface area contributed by atoms with Crippen molar-refractivity contribution in [2.75, 3.05) is 0 Å². The molecule has 3 heteroatoms. The normalized spacial score (nSPS) is 9.33. The van der Waals surface area contributed by atoms with Crippen LogP contribution in [-0.4, -0.2) is 4.98 Å². The van der Waals surface area contributed by atoms with Crippen LogP contribution in [0.25, 0.3) is 10.9 Å². The Morgan fingerprint density at radius 2 is 1.83 bits per heavy atom. The maximum Gasteiger partial charge on any atom is 1.00 e. The van der Waals surface area contributed by atoms with Gasteiger partial charge in [-0.05, 0) is 11.5 Å². The molecule has 54 valence electrons. The molecule has 0 N–H and O–H groups in total. The number of benzene rings is 1. The van der Waals surface area contributed by atoms with Crippen molar-refractivity contribution in [1.82, 2.24) is 4.98 Å². The van der Waals surface area contributed by atoms with Gasteiger partial charge in [0.1, 0.15) is 0 Å². The fourth-order valence-corrected chi connectivity index (χ4v) is 1.08. The fourth-order valence-electron chi connectivity index (χ4n) is 1.08. The third-order valence-corrected chi connectivity index (χ3v) is 1.60. The van der Waals surface area contributed by atoms with Crippen molar-refractivity contribution < 1.29 is 24.0 Å². The zero-order chi connectivity index (χ0) is 7.68. The minimum Gasteiger partial charge on any atom is -0.871 e. The number of hydrogen-bond acceptors (Lipinski definition) is 2. The molecule has 0 aliphatic carbocycles. The van der Waals surface area contributed by atoms with E-state index in [2.05, 4.69) is 4.98 Å². The van der Waals surface area contributed by atoms with Crippen LogP contribution < -0.4 is 24.0 Å². The Morgan fingerprint density at radius 3 is 2.58 bits per heavy atom. The third-order valence-electron chi connectivity index (χ3n) is 1.60. The molecule has 2 rings (SSSR count). The van der Waals surface area contributed by atoms with Crippen molar-refractivity contribution in [3.05, 3.63) is 36.5 Å². The Hall–Kier alpha value is -0.973. The number of hydrogen-bond donors (Lipinski definition) is 0. The number of rotatable bonds is 0. The van der Waals surface area contributed by atoms with E-state index < -0.39 is 0 Å². The zero-order valence-corrected chi connectivity index (χ0v) is 6.82. The predicted octanol–water partition coefficient (Wildman–Crippen LogP) is -1.69. The maximum absolute atomic E-state index is 11.1. The Balaban J connectivity index is 0.000000720. The summed E-state index contributed by atoms with van der Waals surface area (Å²) in [5.41, 5.74) is 0.551. The van der Waals surface area contributed by atoms with Gasteiger partial charge in [-0.2, -0.15) is 0 Å². The van der Waals surface area contributed by atoms with E-state index in [1.807, 2.05) is 18.2 Å². The number of aromatic nitrogens is 1. The van der Waals surface area contributed by atoms with Gasteiger partial charge in [0, 0.05) is 6.20 Å². The molecule has 0 amide bonds. The number of pyridine rings is 1. The molecule has 0 spiro atoms. The SMILES string of the molecule is [Li+].[O-]c1cccc2cccnc12. The summed E-state index contributed by atoms with van der Waals surface area (Å²) in [7, 11) is 0. The van der Waals surface area contributed by atoms with Crippen molar-refractivity contribution in [2.45, 2.75) is 0 Å². The topological polar surface area (TPSA) is 36.0 Å². The van der Waals surface area contributed by atoms with Gasteiger partial charge in [-0.1, -0.05) is 30.0 Å². The van der Waals surface area contributed by atoms with Crippen LogP contribution in [0.4, 0.5) is 0 Å². The van der Waals surface area contributed by atoms with E-state index in [1.165, 1.54) is 6.07 Å².